The van der Waals surface area contributed by atoms with Crippen LogP contribution in [0.1, 0.15) is 18.1 Å². The number of carbonyl (C=O) groups is 2. The largest absolute Gasteiger partial charge is 0.354 e. The van der Waals surface area contributed by atoms with Crippen LogP contribution in [0.15, 0.2) is 48.5 Å². The van der Waals surface area contributed by atoms with E-state index in [1.165, 1.54) is 11.8 Å². The topological polar surface area (TPSA) is 49.4 Å². The van der Waals surface area contributed by atoms with Crippen LogP contribution in [0.2, 0.25) is 10.0 Å². The number of hydrogen-bond donors (Lipinski definition) is 1. The van der Waals surface area contributed by atoms with E-state index in [1.54, 1.807) is 6.07 Å². The summed E-state index contributed by atoms with van der Waals surface area (Å²) in [7, 11) is 0. The van der Waals surface area contributed by atoms with Crippen molar-refractivity contribution in [3.8, 4) is 0 Å². The molecular weight excluding hydrogens is 359 g/mol. The van der Waals surface area contributed by atoms with E-state index >= 15 is 0 Å². The fraction of sp³-hybridized carbons (Fsp3) is 0.263. The van der Waals surface area contributed by atoms with Crippen LogP contribution in [0.4, 0.5) is 0 Å². The average molecular weight is 379 g/mol. The van der Waals surface area contributed by atoms with Crippen molar-refractivity contribution in [2.24, 2.45) is 0 Å². The Balaban J connectivity index is 1.84. The van der Waals surface area contributed by atoms with E-state index in [0.29, 0.717) is 29.6 Å². The van der Waals surface area contributed by atoms with Gasteiger partial charge in [-0.2, -0.15) is 0 Å². The Morgan fingerprint density at radius 1 is 1.04 bits per heavy atom. The molecule has 0 heterocycles. The average Bonchev–Trinajstić information content (AvgIpc) is 2.58. The van der Waals surface area contributed by atoms with Crippen LogP contribution in [0.3, 0.4) is 0 Å². The van der Waals surface area contributed by atoms with Crippen molar-refractivity contribution in [3.05, 3.63) is 69.7 Å². The van der Waals surface area contributed by atoms with Crippen LogP contribution < -0.4 is 5.32 Å². The van der Waals surface area contributed by atoms with Crippen molar-refractivity contribution in [1.82, 2.24) is 10.2 Å². The highest BCUT2D eigenvalue weighted by atomic mass is 35.5. The van der Waals surface area contributed by atoms with E-state index < -0.39 is 0 Å². The fourth-order valence-electron chi connectivity index (χ4n) is 2.34. The van der Waals surface area contributed by atoms with Gasteiger partial charge in [-0.05, 0) is 35.7 Å². The van der Waals surface area contributed by atoms with E-state index in [0.717, 1.165) is 11.1 Å². The van der Waals surface area contributed by atoms with Gasteiger partial charge in [0.2, 0.25) is 11.8 Å². The predicted octanol–water partition coefficient (Wildman–Crippen LogP) is 3.70. The second kappa shape index (κ2) is 9.44. The van der Waals surface area contributed by atoms with Crippen LogP contribution >= 0.6 is 23.2 Å². The molecule has 25 heavy (non-hydrogen) atoms. The zero-order chi connectivity index (χ0) is 18.2. The summed E-state index contributed by atoms with van der Waals surface area (Å²) in [6.07, 6.45) is 0.702. The molecule has 0 unspecified atom stereocenters. The highest BCUT2D eigenvalue weighted by molar-refractivity contribution is 6.31. The number of nitrogens with one attached hydrogen (secondary N) is 1. The third kappa shape index (κ3) is 6.40. The number of benzene rings is 2. The first-order valence-corrected chi connectivity index (χ1v) is 8.71. The summed E-state index contributed by atoms with van der Waals surface area (Å²) < 4.78 is 0. The number of amides is 2. The molecule has 0 aliphatic heterocycles. The summed E-state index contributed by atoms with van der Waals surface area (Å²) in [6.45, 7) is 2.25. The molecule has 0 saturated carbocycles. The van der Waals surface area contributed by atoms with Crippen molar-refractivity contribution in [1.29, 1.82) is 0 Å². The molecule has 2 rings (SSSR count). The number of rotatable bonds is 7. The molecule has 6 heteroatoms. The molecule has 0 spiro atoms. The molecule has 2 aromatic rings. The van der Waals surface area contributed by atoms with Crippen molar-refractivity contribution < 1.29 is 9.59 Å². The van der Waals surface area contributed by atoms with Gasteiger partial charge in [-0.1, -0.05) is 53.5 Å². The van der Waals surface area contributed by atoms with E-state index in [-0.39, 0.29) is 18.4 Å². The van der Waals surface area contributed by atoms with Crippen LogP contribution in [-0.4, -0.2) is 29.8 Å². The van der Waals surface area contributed by atoms with Crippen LogP contribution in [-0.2, 0) is 22.6 Å². The number of hydrogen-bond acceptors (Lipinski definition) is 2. The minimum Gasteiger partial charge on any atom is -0.354 e. The van der Waals surface area contributed by atoms with E-state index in [2.05, 4.69) is 5.32 Å². The zero-order valence-electron chi connectivity index (χ0n) is 14.0. The Morgan fingerprint density at radius 3 is 2.36 bits per heavy atom. The van der Waals surface area contributed by atoms with Crippen molar-refractivity contribution in [2.45, 2.75) is 19.9 Å². The van der Waals surface area contributed by atoms with Gasteiger partial charge < -0.3 is 10.2 Å². The van der Waals surface area contributed by atoms with Gasteiger partial charge in [0.25, 0.3) is 0 Å². The minimum absolute atomic E-state index is 0.00117. The van der Waals surface area contributed by atoms with Crippen LogP contribution in [0, 0.1) is 0 Å². The maximum atomic E-state index is 12.1. The Labute approximate surface area is 157 Å². The first-order valence-electron chi connectivity index (χ1n) is 7.96. The van der Waals surface area contributed by atoms with Gasteiger partial charge >= 0.3 is 0 Å². The highest BCUT2D eigenvalue weighted by Crippen LogP contribution is 2.17. The van der Waals surface area contributed by atoms with Crippen molar-refractivity contribution in [2.75, 3.05) is 13.1 Å². The van der Waals surface area contributed by atoms with Gasteiger partial charge in [0.1, 0.15) is 0 Å². The summed E-state index contributed by atoms with van der Waals surface area (Å²) in [5, 5.41) is 4.10. The summed E-state index contributed by atoms with van der Waals surface area (Å²) in [6, 6.07) is 14.8. The minimum atomic E-state index is -0.198. The molecule has 2 amide bonds. The third-order valence-electron chi connectivity index (χ3n) is 3.75. The number of carbonyl (C=O) groups excluding carboxylic acids is 2. The van der Waals surface area contributed by atoms with Crippen molar-refractivity contribution >= 4 is 35.0 Å². The van der Waals surface area contributed by atoms with Crippen LogP contribution in [0.5, 0.6) is 0 Å². The quantitative estimate of drug-likeness (QED) is 0.798. The molecule has 0 atom stereocenters. The monoisotopic (exact) mass is 378 g/mol. The Hall–Kier alpha value is -2.04. The lowest BCUT2D eigenvalue weighted by Gasteiger charge is -2.21. The smallest absolute Gasteiger partial charge is 0.239 e. The second-order valence-corrected chi connectivity index (χ2v) is 6.54. The Kier molecular flexibility index (Phi) is 7.29. The highest BCUT2D eigenvalue weighted by Gasteiger charge is 2.15. The fourth-order valence-corrected chi connectivity index (χ4v) is 2.66. The lowest BCUT2D eigenvalue weighted by Crippen LogP contribution is -2.40. The standard InChI is InChI=1S/C19H20Cl2N2O2/c1-14(24)23(12-16-4-2-3-5-18(16)21)13-19(25)22-11-10-15-6-8-17(20)9-7-15/h2-9H,10-13H2,1H3,(H,22,25). The predicted molar refractivity (Wildman–Crippen MR) is 101 cm³/mol. The van der Waals surface area contributed by atoms with Gasteiger partial charge in [-0.15, -0.1) is 0 Å². The molecule has 0 bridgehead atoms. The number of nitrogens with zero attached hydrogens (tertiary/aromatic N) is 1. The van der Waals surface area contributed by atoms with E-state index in [1.807, 2.05) is 42.5 Å². The molecule has 1 N–H and O–H groups in total. The molecule has 0 fully saturated rings. The first kappa shape index (κ1) is 19.3. The second-order valence-electron chi connectivity index (χ2n) is 5.69. The maximum absolute atomic E-state index is 12.1. The first-order chi connectivity index (χ1) is 12.0. The molecule has 0 aromatic heterocycles. The van der Waals surface area contributed by atoms with Gasteiger partial charge in [0, 0.05) is 30.1 Å². The Morgan fingerprint density at radius 2 is 1.72 bits per heavy atom. The maximum Gasteiger partial charge on any atom is 0.239 e. The normalized spacial score (nSPS) is 10.4. The number of halogens is 2. The molecule has 2 aromatic carbocycles. The summed E-state index contributed by atoms with van der Waals surface area (Å²) in [4.78, 5) is 25.4. The summed E-state index contributed by atoms with van der Waals surface area (Å²) in [5.41, 5.74) is 1.90. The molecule has 0 aliphatic rings. The molecule has 0 saturated heterocycles. The molecule has 132 valence electrons. The van der Waals surface area contributed by atoms with Crippen molar-refractivity contribution in [3.63, 3.8) is 0 Å². The van der Waals surface area contributed by atoms with Gasteiger partial charge in [0.05, 0.1) is 6.54 Å². The van der Waals surface area contributed by atoms with Gasteiger partial charge in [-0.3, -0.25) is 9.59 Å². The molecular formula is C19H20Cl2N2O2. The summed E-state index contributed by atoms with van der Waals surface area (Å²) in [5.74, 6) is -0.371. The van der Waals surface area contributed by atoms with E-state index in [9.17, 15) is 9.59 Å². The lowest BCUT2D eigenvalue weighted by atomic mass is 10.1. The van der Waals surface area contributed by atoms with Crippen LogP contribution in [0.25, 0.3) is 0 Å². The lowest BCUT2D eigenvalue weighted by molar-refractivity contribution is -0.134. The molecule has 4 nitrogen and oxygen atoms in total. The van der Waals surface area contributed by atoms with Gasteiger partial charge in [0.15, 0.2) is 0 Å². The third-order valence-corrected chi connectivity index (χ3v) is 4.37. The summed E-state index contributed by atoms with van der Waals surface area (Å²) >= 11 is 12.0. The Bertz CT molecular complexity index is 732. The van der Waals surface area contributed by atoms with E-state index in [4.69, 9.17) is 23.2 Å². The molecule has 0 radical (unpaired) electrons. The molecule has 0 aliphatic carbocycles. The zero-order valence-corrected chi connectivity index (χ0v) is 15.5. The SMILES string of the molecule is CC(=O)N(CC(=O)NCCc1ccc(Cl)cc1)Cc1ccccc1Cl. The van der Waals surface area contributed by atoms with Gasteiger partial charge in [-0.25, -0.2) is 0 Å².